The molecule has 1 fully saturated rings. The summed E-state index contributed by atoms with van der Waals surface area (Å²) in [4.78, 5) is 24.1. The molecule has 2 rings (SSSR count). The maximum absolute atomic E-state index is 12.4. The first-order valence-electron chi connectivity index (χ1n) is 7.75. The fourth-order valence-corrected chi connectivity index (χ4v) is 2.62. The maximum Gasteiger partial charge on any atom is 0.471 e. The second-order valence-corrected chi connectivity index (χ2v) is 6.22. The molecule has 1 heterocycles. The van der Waals surface area contributed by atoms with Gasteiger partial charge >= 0.3 is 12.1 Å². The van der Waals surface area contributed by atoms with Gasteiger partial charge in [-0.3, -0.25) is 9.59 Å². The van der Waals surface area contributed by atoms with Gasteiger partial charge in [-0.05, 0) is 44.0 Å². The number of alkyl halides is 3. The summed E-state index contributed by atoms with van der Waals surface area (Å²) in [6.07, 6.45) is -5.10. The number of amides is 2. The van der Waals surface area contributed by atoms with Gasteiger partial charge in [-0.2, -0.15) is 13.2 Å². The van der Waals surface area contributed by atoms with Crippen molar-refractivity contribution in [1.29, 1.82) is 0 Å². The zero-order valence-corrected chi connectivity index (χ0v) is 14.2. The zero-order valence-electron chi connectivity index (χ0n) is 13.5. The van der Waals surface area contributed by atoms with Crippen LogP contribution in [0.1, 0.15) is 19.8 Å². The van der Waals surface area contributed by atoms with Crippen LogP contribution in [0.5, 0.6) is 5.75 Å². The summed E-state index contributed by atoms with van der Waals surface area (Å²) < 4.78 is 42.7. The lowest BCUT2D eigenvalue weighted by Gasteiger charge is -2.33. The average molecular weight is 379 g/mol. The third-order valence-electron chi connectivity index (χ3n) is 3.87. The van der Waals surface area contributed by atoms with Gasteiger partial charge in [-0.25, -0.2) is 0 Å². The number of rotatable bonds is 4. The summed E-state index contributed by atoms with van der Waals surface area (Å²) in [5, 5.41) is 3.29. The van der Waals surface area contributed by atoms with Crippen LogP contribution < -0.4 is 10.1 Å². The van der Waals surface area contributed by atoms with Crippen LogP contribution in [0.2, 0.25) is 5.02 Å². The third-order valence-corrected chi connectivity index (χ3v) is 4.12. The molecule has 1 aliphatic rings. The summed E-state index contributed by atoms with van der Waals surface area (Å²) in [7, 11) is 0. The maximum atomic E-state index is 12.4. The molecule has 1 aromatic rings. The second-order valence-electron chi connectivity index (χ2n) is 5.79. The van der Waals surface area contributed by atoms with Crippen LogP contribution >= 0.6 is 11.6 Å². The van der Waals surface area contributed by atoms with Gasteiger partial charge in [-0.15, -0.1) is 0 Å². The van der Waals surface area contributed by atoms with Crippen molar-refractivity contribution in [2.24, 2.45) is 0 Å². The molecule has 1 atom stereocenters. The third kappa shape index (κ3) is 5.52. The van der Waals surface area contributed by atoms with Crippen molar-refractivity contribution < 1.29 is 27.5 Å². The Kier molecular flexibility index (Phi) is 6.16. The Labute approximate surface area is 148 Å². The number of hydrogen-bond acceptors (Lipinski definition) is 3. The van der Waals surface area contributed by atoms with Crippen molar-refractivity contribution in [3.63, 3.8) is 0 Å². The number of nitrogens with one attached hydrogen (secondary N) is 1. The molecule has 1 aliphatic heterocycles. The molecule has 0 bridgehead atoms. The van der Waals surface area contributed by atoms with E-state index in [0.29, 0.717) is 10.8 Å². The molecule has 0 radical (unpaired) electrons. The molecule has 1 saturated heterocycles. The fourth-order valence-electron chi connectivity index (χ4n) is 2.50. The fraction of sp³-hybridized carbons (Fsp3) is 0.500. The number of piperidine rings is 1. The van der Waals surface area contributed by atoms with Crippen LogP contribution in [0.4, 0.5) is 13.2 Å². The van der Waals surface area contributed by atoms with E-state index in [0.717, 1.165) is 4.90 Å². The number of benzene rings is 1. The van der Waals surface area contributed by atoms with E-state index in [1.165, 1.54) is 0 Å². The Morgan fingerprint density at radius 2 is 1.80 bits per heavy atom. The molecule has 9 heteroatoms. The summed E-state index contributed by atoms with van der Waals surface area (Å²) >= 11 is 5.77. The minimum absolute atomic E-state index is 0.0459. The van der Waals surface area contributed by atoms with Crippen LogP contribution in [-0.4, -0.2) is 48.1 Å². The first kappa shape index (κ1) is 19.4. The van der Waals surface area contributed by atoms with Crippen LogP contribution in [0.3, 0.4) is 0 Å². The highest BCUT2D eigenvalue weighted by atomic mass is 35.5. The summed E-state index contributed by atoms with van der Waals surface area (Å²) in [5.41, 5.74) is 0. The average Bonchev–Trinajstić information content (AvgIpc) is 2.56. The largest absolute Gasteiger partial charge is 0.481 e. The Bertz CT molecular complexity index is 614. The van der Waals surface area contributed by atoms with Gasteiger partial charge in [0, 0.05) is 24.2 Å². The highest BCUT2D eigenvalue weighted by Gasteiger charge is 2.43. The lowest BCUT2D eigenvalue weighted by atomic mass is 10.0. The number of carbonyl (C=O) groups excluding carboxylic acids is 2. The molecule has 0 aliphatic carbocycles. The molecule has 1 aromatic carbocycles. The predicted molar refractivity (Wildman–Crippen MR) is 85.3 cm³/mol. The molecular formula is C16H18ClF3N2O3. The Balaban J connectivity index is 1.80. The number of hydrogen-bond donors (Lipinski definition) is 1. The minimum Gasteiger partial charge on any atom is -0.481 e. The molecule has 25 heavy (non-hydrogen) atoms. The minimum atomic E-state index is -4.86. The van der Waals surface area contributed by atoms with Gasteiger partial charge in [0.1, 0.15) is 5.75 Å². The van der Waals surface area contributed by atoms with E-state index < -0.39 is 18.2 Å². The topological polar surface area (TPSA) is 58.6 Å². The lowest BCUT2D eigenvalue weighted by molar-refractivity contribution is -0.186. The summed E-state index contributed by atoms with van der Waals surface area (Å²) in [6, 6.07) is 6.24. The van der Waals surface area contributed by atoms with Crippen molar-refractivity contribution in [2.75, 3.05) is 13.1 Å². The van der Waals surface area contributed by atoms with Gasteiger partial charge in [0.15, 0.2) is 6.10 Å². The highest BCUT2D eigenvalue weighted by Crippen LogP contribution is 2.22. The molecule has 1 unspecified atom stereocenters. The van der Waals surface area contributed by atoms with Crippen molar-refractivity contribution >= 4 is 23.4 Å². The standard InChI is InChI=1S/C16H18ClF3N2O3/c1-10(25-13-4-2-11(17)3-5-13)14(23)21-12-6-8-22(9-7-12)15(24)16(18,19)20/h2-5,10,12H,6-9H2,1H3,(H,21,23). The second kappa shape index (κ2) is 7.95. The van der Waals surface area contributed by atoms with Gasteiger partial charge in [-0.1, -0.05) is 11.6 Å². The first-order chi connectivity index (χ1) is 11.7. The molecule has 5 nitrogen and oxygen atoms in total. The van der Waals surface area contributed by atoms with Crippen LogP contribution in [0, 0.1) is 0 Å². The van der Waals surface area contributed by atoms with Crippen LogP contribution in [0.15, 0.2) is 24.3 Å². The lowest BCUT2D eigenvalue weighted by Crippen LogP contribution is -2.51. The van der Waals surface area contributed by atoms with Crippen molar-refractivity contribution in [3.05, 3.63) is 29.3 Å². The van der Waals surface area contributed by atoms with Crippen molar-refractivity contribution in [3.8, 4) is 5.75 Å². The zero-order chi connectivity index (χ0) is 18.6. The van der Waals surface area contributed by atoms with E-state index >= 15 is 0 Å². The molecular weight excluding hydrogens is 361 g/mol. The van der Waals surface area contributed by atoms with Gasteiger partial charge in [0.25, 0.3) is 5.91 Å². The van der Waals surface area contributed by atoms with E-state index in [-0.39, 0.29) is 37.9 Å². The van der Waals surface area contributed by atoms with Gasteiger partial charge in [0.05, 0.1) is 0 Å². The quantitative estimate of drug-likeness (QED) is 0.876. The van der Waals surface area contributed by atoms with E-state index in [2.05, 4.69) is 5.32 Å². The summed E-state index contributed by atoms with van der Waals surface area (Å²) in [6.45, 7) is 1.48. The number of likely N-dealkylation sites (tertiary alicyclic amines) is 1. The van der Waals surface area contributed by atoms with E-state index in [1.54, 1.807) is 31.2 Å². The van der Waals surface area contributed by atoms with Crippen LogP contribution in [0.25, 0.3) is 0 Å². The van der Waals surface area contributed by atoms with E-state index in [9.17, 15) is 22.8 Å². The molecule has 0 aromatic heterocycles. The Morgan fingerprint density at radius 3 is 2.32 bits per heavy atom. The Morgan fingerprint density at radius 1 is 1.24 bits per heavy atom. The predicted octanol–water partition coefficient (Wildman–Crippen LogP) is 2.78. The highest BCUT2D eigenvalue weighted by molar-refractivity contribution is 6.30. The van der Waals surface area contributed by atoms with Crippen LogP contribution in [-0.2, 0) is 9.59 Å². The molecule has 138 valence electrons. The van der Waals surface area contributed by atoms with Gasteiger partial charge in [0.2, 0.25) is 0 Å². The molecule has 1 N–H and O–H groups in total. The summed E-state index contributed by atoms with van der Waals surface area (Å²) in [5.74, 6) is -1.72. The number of halogens is 4. The molecule has 0 saturated carbocycles. The van der Waals surface area contributed by atoms with Gasteiger partial charge < -0.3 is 15.0 Å². The SMILES string of the molecule is CC(Oc1ccc(Cl)cc1)C(=O)NC1CCN(C(=O)C(F)(F)F)CC1. The van der Waals surface area contributed by atoms with E-state index in [1.807, 2.05) is 0 Å². The van der Waals surface area contributed by atoms with Crippen molar-refractivity contribution in [2.45, 2.75) is 38.1 Å². The number of carbonyl (C=O) groups is 2. The first-order valence-corrected chi connectivity index (χ1v) is 8.13. The monoisotopic (exact) mass is 378 g/mol. The molecule has 2 amide bonds. The smallest absolute Gasteiger partial charge is 0.471 e. The molecule has 0 spiro atoms. The normalized spacial score (nSPS) is 17.1. The number of ether oxygens (including phenoxy) is 1. The Hall–Kier alpha value is -1.96. The van der Waals surface area contributed by atoms with E-state index in [4.69, 9.17) is 16.3 Å². The van der Waals surface area contributed by atoms with Crippen molar-refractivity contribution in [1.82, 2.24) is 10.2 Å². The number of nitrogens with zero attached hydrogens (tertiary/aromatic N) is 1.